The first-order chi connectivity index (χ1) is 29.4. The molecule has 13 heteroatoms. The highest BCUT2D eigenvalue weighted by Crippen LogP contribution is 2.34. The van der Waals surface area contributed by atoms with Crippen LogP contribution >= 0.6 is 23.2 Å². The van der Waals surface area contributed by atoms with Crippen LogP contribution in [0.25, 0.3) is 0 Å². The normalized spacial score (nSPS) is 12.3. The van der Waals surface area contributed by atoms with Crippen molar-refractivity contribution in [1.29, 1.82) is 0 Å². The first kappa shape index (κ1) is 53.2. The maximum absolute atomic E-state index is 13.7. The SMILES string of the molecule is CCCCCCCCCCCCc1ccc(S(=O)(=O)Nc2cc(NC(=O)C(Cl)(Cl)C(=O)C(C)(C)C)cc(NS(=O)(=O)c3ccc(CCCCCCCCCCCC)cc3)c2)cc1. The maximum Gasteiger partial charge on any atom is 0.268 e. The quantitative estimate of drug-likeness (QED) is 0.0334. The van der Waals surface area contributed by atoms with Crippen LogP contribution in [0.1, 0.15) is 174 Å². The van der Waals surface area contributed by atoms with Gasteiger partial charge in [-0.25, -0.2) is 16.8 Å². The molecule has 3 aromatic carbocycles. The van der Waals surface area contributed by atoms with Crippen molar-refractivity contribution in [2.45, 2.75) is 190 Å². The average molecular weight is 935 g/mol. The molecule has 0 spiro atoms. The molecule has 1 amide bonds. The number of hydrogen-bond acceptors (Lipinski definition) is 6. The van der Waals surface area contributed by atoms with Crippen LogP contribution in [0.2, 0.25) is 0 Å². The van der Waals surface area contributed by atoms with Gasteiger partial charge in [0.05, 0.1) is 21.2 Å². The second-order valence-corrected chi connectivity index (χ2v) is 22.5. The van der Waals surface area contributed by atoms with Crippen molar-refractivity contribution in [3.05, 3.63) is 77.9 Å². The Kier molecular flexibility index (Phi) is 22.8. The summed E-state index contributed by atoms with van der Waals surface area (Å²) in [4.78, 5) is 26.3. The lowest BCUT2D eigenvalue weighted by atomic mass is 9.88. The fourth-order valence-corrected chi connectivity index (χ4v) is 10.1. The first-order valence-electron chi connectivity index (χ1n) is 23.0. The number of halogens is 2. The number of rotatable bonds is 31. The van der Waals surface area contributed by atoms with Crippen LogP contribution in [0.15, 0.2) is 76.5 Å². The summed E-state index contributed by atoms with van der Waals surface area (Å²) in [7, 11) is -8.33. The molecule has 0 bridgehead atoms. The van der Waals surface area contributed by atoms with Crippen LogP contribution in [0.4, 0.5) is 17.1 Å². The molecule has 0 radical (unpaired) electrons. The molecule has 3 N–H and O–H groups in total. The van der Waals surface area contributed by atoms with Gasteiger partial charge >= 0.3 is 0 Å². The molecule has 3 aromatic rings. The molecule has 9 nitrogen and oxygen atoms in total. The number of hydrogen-bond donors (Lipinski definition) is 3. The molecule has 0 heterocycles. The molecule has 0 saturated carbocycles. The Bertz CT molecular complexity index is 1910. The van der Waals surface area contributed by atoms with Crippen molar-refractivity contribution in [2.75, 3.05) is 14.8 Å². The van der Waals surface area contributed by atoms with E-state index in [2.05, 4.69) is 28.6 Å². The summed E-state index contributed by atoms with van der Waals surface area (Å²) in [5.74, 6) is -1.83. The third-order valence-electron chi connectivity index (χ3n) is 11.1. The number of Topliss-reactive ketones (excluding diaryl/α,β-unsaturated/α-hetero) is 1. The first-order valence-corrected chi connectivity index (χ1v) is 26.7. The Labute approximate surface area is 384 Å². The number of anilines is 3. The van der Waals surface area contributed by atoms with Gasteiger partial charge in [-0.2, -0.15) is 0 Å². The molecule has 0 atom stereocenters. The average Bonchev–Trinajstić information content (AvgIpc) is 3.21. The lowest BCUT2D eigenvalue weighted by molar-refractivity contribution is -0.131. The molecule has 62 heavy (non-hydrogen) atoms. The van der Waals surface area contributed by atoms with E-state index in [0.29, 0.717) is 0 Å². The number of unbranched alkanes of at least 4 members (excludes halogenated alkanes) is 18. The van der Waals surface area contributed by atoms with Gasteiger partial charge in [-0.15, -0.1) is 0 Å². The van der Waals surface area contributed by atoms with E-state index in [-0.39, 0.29) is 26.9 Å². The summed E-state index contributed by atoms with van der Waals surface area (Å²) >= 11 is 12.6. The number of ketones is 1. The topological polar surface area (TPSA) is 139 Å². The number of carbonyl (C=O) groups excluding carboxylic acids is 2. The van der Waals surface area contributed by atoms with Gasteiger partial charge in [0.1, 0.15) is 0 Å². The summed E-state index contributed by atoms with van der Waals surface area (Å²) < 4.78 is 57.2. The molecular formula is C49H73Cl2N3O6S2. The summed E-state index contributed by atoms with van der Waals surface area (Å²) in [6.45, 7) is 9.17. The molecule has 3 rings (SSSR count). The Hall–Kier alpha value is -3.12. The fourth-order valence-electron chi connectivity index (χ4n) is 7.33. The highest BCUT2D eigenvalue weighted by molar-refractivity contribution is 7.93. The van der Waals surface area contributed by atoms with E-state index >= 15 is 0 Å². The Morgan fingerprint density at radius 3 is 1.11 bits per heavy atom. The summed E-state index contributed by atoms with van der Waals surface area (Å²) in [5.41, 5.74) is 0.834. The van der Waals surface area contributed by atoms with Gasteiger partial charge in [0.2, 0.25) is 0 Å². The van der Waals surface area contributed by atoms with Gasteiger partial charge in [-0.3, -0.25) is 19.0 Å². The van der Waals surface area contributed by atoms with Gasteiger partial charge in [-0.05, 0) is 79.3 Å². The van der Waals surface area contributed by atoms with Gasteiger partial charge in [0.25, 0.3) is 30.3 Å². The highest BCUT2D eigenvalue weighted by atomic mass is 35.5. The number of alkyl halides is 2. The smallest absolute Gasteiger partial charge is 0.268 e. The van der Waals surface area contributed by atoms with Crippen molar-refractivity contribution >= 4 is 72.0 Å². The predicted molar refractivity (Wildman–Crippen MR) is 260 cm³/mol. The molecule has 0 saturated heterocycles. The number of benzene rings is 3. The van der Waals surface area contributed by atoms with E-state index in [4.69, 9.17) is 23.2 Å². The van der Waals surface area contributed by atoms with Crippen LogP contribution in [-0.2, 0) is 42.5 Å². The van der Waals surface area contributed by atoms with Crippen molar-refractivity contribution in [3.8, 4) is 0 Å². The maximum atomic E-state index is 13.7. The fraction of sp³-hybridized carbons (Fsp3) is 0.592. The molecule has 0 fully saturated rings. The zero-order valence-electron chi connectivity index (χ0n) is 37.9. The van der Waals surface area contributed by atoms with E-state index < -0.39 is 41.5 Å². The predicted octanol–water partition coefficient (Wildman–Crippen LogP) is 13.9. The van der Waals surface area contributed by atoms with Crippen molar-refractivity contribution < 1.29 is 26.4 Å². The minimum absolute atomic E-state index is 0.00935. The van der Waals surface area contributed by atoms with E-state index in [1.54, 1.807) is 45.0 Å². The number of aryl methyl sites for hydroxylation is 2. The van der Waals surface area contributed by atoms with E-state index in [1.165, 1.54) is 145 Å². The Morgan fingerprint density at radius 1 is 0.484 bits per heavy atom. The molecular weight excluding hydrogens is 862 g/mol. The van der Waals surface area contributed by atoms with Crippen molar-refractivity contribution in [3.63, 3.8) is 0 Å². The van der Waals surface area contributed by atoms with Crippen molar-refractivity contribution in [1.82, 2.24) is 0 Å². The molecule has 0 aliphatic heterocycles. The molecule has 0 aliphatic rings. The van der Waals surface area contributed by atoms with Gasteiger partial charge < -0.3 is 5.32 Å². The second kappa shape index (κ2) is 26.6. The number of nitrogens with one attached hydrogen (secondary N) is 3. The lowest BCUT2D eigenvalue weighted by Gasteiger charge is -2.26. The van der Waals surface area contributed by atoms with Crippen molar-refractivity contribution in [2.24, 2.45) is 5.41 Å². The number of sulfonamides is 2. The lowest BCUT2D eigenvalue weighted by Crippen LogP contribution is -2.45. The molecule has 0 unspecified atom stereocenters. The van der Waals surface area contributed by atoms with Gasteiger partial charge in [0.15, 0.2) is 5.78 Å². The minimum atomic E-state index is -4.16. The van der Waals surface area contributed by atoms with E-state index in [0.717, 1.165) is 49.7 Å². The second-order valence-electron chi connectivity index (χ2n) is 17.8. The van der Waals surface area contributed by atoms with Crippen LogP contribution in [0.5, 0.6) is 0 Å². The van der Waals surface area contributed by atoms with Crippen LogP contribution in [-0.4, -0.2) is 32.9 Å². The number of carbonyl (C=O) groups is 2. The summed E-state index contributed by atoms with van der Waals surface area (Å²) in [6.07, 6.45) is 26.4. The Morgan fingerprint density at radius 2 is 0.790 bits per heavy atom. The zero-order valence-corrected chi connectivity index (χ0v) is 41.1. The Balaban J connectivity index is 1.71. The van der Waals surface area contributed by atoms with Gasteiger partial charge in [0, 0.05) is 11.1 Å². The minimum Gasteiger partial charge on any atom is -0.323 e. The van der Waals surface area contributed by atoms with E-state index in [9.17, 15) is 26.4 Å². The molecule has 0 aromatic heterocycles. The van der Waals surface area contributed by atoms with Crippen LogP contribution in [0.3, 0.4) is 0 Å². The van der Waals surface area contributed by atoms with Crippen LogP contribution in [0, 0.1) is 5.41 Å². The standard InChI is InChI=1S/C49H73Cl2N3O6S2/c1-6-8-10-12-14-16-18-20-22-24-26-39-28-32-44(33-29-39)61(57,58)53-42-36-41(52-47(56)49(50,51)46(55)48(3,4)5)37-43(38-42)54-62(59,60)45-34-30-40(31-35-45)27-25-23-21-19-17-15-13-11-9-7-2/h28-38,53-54H,6-27H2,1-5H3,(H,52,56). The summed E-state index contributed by atoms with van der Waals surface area (Å²) in [5, 5.41) is 2.48. The highest BCUT2D eigenvalue weighted by Gasteiger charge is 2.47. The zero-order chi connectivity index (χ0) is 45.7. The third kappa shape index (κ3) is 18.9. The molecule has 346 valence electrons. The monoisotopic (exact) mass is 933 g/mol. The van der Waals surface area contributed by atoms with Gasteiger partial charge in [-0.1, -0.05) is 198 Å². The van der Waals surface area contributed by atoms with E-state index in [1.807, 2.05) is 0 Å². The van der Waals surface area contributed by atoms with Crippen LogP contribution < -0.4 is 14.8 Å². The number of amides is 1. The molecule has 0 aliphatic carbocycles. The largest absolute Gasteiger partial charge is 0.323 e. The third-order valence-corrected chi connectivity index (χ3v) is 14.5. The summed E-state index contributed by atoms with van der Waals surface area (Å²) in [6, 6.07) is 17.2.